The predicted octanol–water partition coefficient (Wildman–Crippen LogP) is 4.06. The third-order valence-corrected chi connectivity index (χ3v) is 3.95. The molecule has 0 aromatic carbocycles. The molecule has 15 heavy (non-hydrogen) atoms. The molecule has 1 saturated carbocycles. The second kappa shape index (κ2) is 6.30. The van der Waals surface area contributed by atoms with Gasteiger partial charge in [0.25, 0.3) is 0 Å². The van der Waals surface area contributed by atoms with Crippen molar-refractivity contribution in [1.29, 1.82) is 0 Å². The standard InChI is InChI=1S/C14H26O/c1-4-13(10-15)14-7-5-12(6-8-14)9-11(2)3/h10-14H,4-9H2,1-3H3. The molecule has 0 aromatic rings. The maximum atomic E-state index is 10.9. The monoisotopic (exact) mass is 210 g/mol. The number of aldehydes is 1. The molecule has 1 aliphatic rings. The molecule has 1 rings (SSSR count). The molecular formula is C14H26O. The minimum atomic E-state index is 0.338. The van der Waals surface area contributed by atoms with Gasteiger partial charge in [0, 0.05) is 5.92 Å². The van der Waals surface area contributed by atoms with Crippen LogP contribution < -0.4 is 0 Å². The fourth-order valence-electron chi connectivity index (χ4n) is 3.06. The van der Waals surface area contributed by atoms with E-state index in [0.717, 1.165) is 18.3 Å². The summed E-state index contributed by atoms with van der Waals surface area (Å²) >= 11 is 0. The second-order valence-electron chi connectivity index (χ2n) is 5.62. The minimum absolute atomic E-state index is 0.338. The van der Waals surface area contributed by atoms with Gasteiger partial charge in [-0.25, -0.2) is 0 Å². The van der Waals surface area contributed by atoms with Gasteiger partial charge in [0.2, 0.25) is 0 Å². The lowest BCUT2D eigenvalue weighted by atomic mass is 9.73. The zero-order chi connectivity index (χ0) is 11.3. The SMILES string of the molecule is CCC(C=O)C1CCC(CC(C)C)CC1. The number of carbonyl (C=O) groups is 1. The fourth-order valence-corrected chi connectivity index (χ4v) is 3.06. The summed E-state index contributed by atoms with van der Waals surface area (Å²) in [4.78, 5) is 10.9. The Labute approximate surface area is 94.6 Å². The van der Waals surface area contributed by atoms with E-state index in [2.05, 4.69) is 20.8 Å². The molecule has 0 spiro atoms. The van der Waals surface area contributed by atoms with Gasteiger partial charge in [0.1, 0.15) is 6.29 Å². The van der Waals surface area contributed by atoms with Gasteiger partial charge in [-0.2, -0.15) is 0 Å². The normalized spacial score (nSPS) is 29.1. The Balaban J connectivity index is 2.31. The first-order chi connectivity index (χ1) is 7.17. The first kappa shape index (κ1) is 12.7. The van der Waals surface area contributed by atoms with Gasteiger partial charge in [-0.3, -0.25) is 0 Å². The third kappa shape index (κ3) is 3.96. The zero-order valence-corrected chi connectivity index (χ0v) is 10.5. The van der Waals surface area contributed by atoms with Gasteiger partial charge in [-0.05, 0) is 43.4 Å². The van der Waals surface area contributed by atoms with Crippen molar-refractivity contribution in [3.8, 4) is 0 Å². The third-order valence-electron chi connectivity index (χ3n) is 3.95. The molecule has 1 heteroatoms. The lowest BCUT2D eigenvalue weighted by molar-refractivity contribution is -0.113. The summed E-state index contributed by atoms with van der Waals surface area (Å²) in [5.74, 6) is 2.80. The van der Waals surface area contributed by atoms with Crippen LogP contribution in [-0.4, -0.2) is 6.29 Å². The second-order valence-corrected chi connectivity index (χ2v) is 5.62. The average molecular weight is 210 g/mol. The van der Waals surface area contributed by atoms with Crippen LogP contribution in [0.15, 0.2) is 0 Å². The van der Waals surface area contributed by atoms with Crippen LogP contribution in [-0.2, 0) is 4.79 Å². The maximum absolute atomic E-state index is 10.9. The minimum Gasteiger partial charge on any atom is -0.303 e. The van der Waals surface area contributed by atoms with E-state index in [-0.39, 0.29) is 0 Å². The number of hydrogen-bond acceptors (Lipinski definition) is 1. The largest absolute Gasteiger partial charge is 0.303 e. The summed E-state index contributed by atoms with van der Waals surface area (Å²) in [5, 5.41) is 0. The van der Waals surface area contributed by atoms with E-state index < -0.39 is 0 Å². The Hall–Kier alpha value is -0.330. The fraction of sp³-hybridized carbons (Fsp3) is 0.929. The van der Waals surface area contributed by atoms with Crippen molar-refractivity contribution in [2.45, 2.75) is 59.3 Å². The molecule has 0 amide bonds. The van der Waals surface area contributed by atoms with Crippen LogP contribution in [0.1, 0.15) is 59.3 Å². The van der Waals surface area contributed by atoms with Crippen LogP contribution in [0.2, 0.25) is 0 Å². The lowest BCUT2D eigenvalue weighted by Crippen LogP contribution is -2.23. The van der Waals surface area contributed by atoms with Gasteiger partial charge in [0.05, 0.1) is 0 Å². The van der Waals surface area contributed by atoms with Crippen molar-refractivity contribution in [2.24, 2.45) is 23.7 Å². The topological polar surface area (TPSA) is 17.1 Å². The first-order valence-electron chi connectivity index (χ1n) is 6.62. The zero-order valence-electron chi connectivity index (χ0n) is 10.5. The molecular weight excluding hydrogens is 184 g/mol. The van der Waals surface area contributed by atoms with Crippen LogP contribution in [0, 0.1) is 23.7 Å². The molecule has 1 nitrogen and oxygen atoms in total. The van der Waals surface area contributed by atoms with Crippen LogP contribution in [0.3, 0.4) is 0 Å². The van der Waals surface area contributed by atoms with E-state index in [4.69, 9.17) is 0 Å². The summed E-state index contributed by atoms with van der Waals surface area (Å²) < 4.78 is 0. The number of rotatable bonds is 5. The highest BCUT2D eigenvalue weighted by Crippen LogP contribution is 2.36. The highest BCUT2D eigenvalue weighted by Gasteiger charge is 2.26. The first-order valence-corrected chi connectivity index (χ1v) is 6.62. The summed E-state index contributed by atoms with van der Waals surface area (Å²) in [5.41, 5.74) is 0. The van der Waals surface area contributed by atoms with Gasteiger partial charge >= 0.3 is 0 Å². The van der Waals surface area contributed by atoms with Crippen molar-refractivity contribution in [3.05, 3.63) is 0 Å². The highest BCUT2D eigenvalue weighted by molar-refractivity contribution is 5.53. The highest BCUT2D eigenvalue weighted by atomic mass is 16.1. The summed E-state index contributed by atoms with van der Waals surface area (Å²) in [6, 6.07) is 0. The van der Waals surface area contributed by atoms with Gasteiger partial charge in [-0.1, -0.05) is 33.6 Å². The molecule has 0 saturated heterocycles. The molecule has 0 aliphatic heterocycles. The number of carbonyl (C=O) groups excluding carboxylic acids is 1. The van der Waals surface area contributed by atoms with Crippen molar-refractivity contribution >= 4 is 6.29 Å². The van der Waals surface area contributed by atoms with E-state index in [9.17, 15) is 4.79 Å². The molecule has 88 valence electrons. The molecule has 1 atom stereocenters. The van der Waals surface area contributed by atoms with E-state index in [1.807, 2.05) is 0 Å². The van der Waals surface area contributed by atoms with Crippen molar-refractivity contribution < 1.29 is 4.79 Å². The van der Waals surface area contributed by atoms with Gasteiger partial charge in [0.15, 0.2) is 0 Å². The molecule has 0 bridgehead atoms. The average Bonchev–Trinajstić information content (AvgIpc) is 2.21. The van der Waals surface area contributed by atoms with Crippen LogP contribution in [0.5, 0.6) is 0 Å². The van der Waals surface area contributed by atoms with Crippen LogP contribution >= 0.6 is 0 Å². The molecule has 0 heterocycles. The maximum Gasteiger partial charge on any atom is 0.123 e. The molecule has 1 aliphatic carbocycles. The van der Waals surface area contributed by atoms with Crippen molar-refractivity contribution in [3.63, 3.8) is 0 Å². The Morgan fingerprint density at radius 1 is 1.20 bits per heavy atom. The molecule has 1 fully saturated rings. The lowest BCUT2D eigenvalue weighted by Gasteiger charge is -2.32. The van der Waals surface area contributed by atoms with Crippen molar-refractivity contribution in [2.75, 3.05) is 0 Å². The summed E-state index contributed by atoms with van der Waals surface area (Å²) in [6.45, 7) is 6.76. The molecule has 0 N–H and O–H groups in total. The van der Waals surface area contributed by atoms with E-state index in [1.165, 1.54) is 38.4 Å². The molecule has 1 unspecified atom stereocenters. The Bertz CT molecular complexity index is 178. The quantitative estimate of drug-likeness (QED) is 0.625. The number of hydrogen-bond donors (Lipinski definition) is 0. The Morgan fingerprint density at radius 2 is 1.80 bits per heavy atom. The van der Waals surface area contributed by atoms with E-state index in [1.54, 1.807) is 0 Å². The predicted molar refractivity (Wildman–Crippen MR) is 64.7 cm³/mol. The van der Waals surface area contributed by atoms with E-state index >= 15 is 0 Å². The Kier molecular flexibility index (Phi) is 5.35. The van der Waals surface area contributed by atoms with E-state index in [0.29, 0.717) is 11.8 Å². The van der Waals surface area contributed by atoms with Gasteiger partial charge < -0.3 is 4.79 Å². The smallest absolute Gasteiger partial charge is 0.123 e. The molecule has 0 radical (unpaired) electrons. The van der Waals surface area contributed by atoms with Crippen LogP contribution in [0.25, 0.3) is 0 Å². The Morgan fingerprint density at radius 3 is 2.20 bits per heavy atom. The summed E-state index contributed by atoms with van der Waals surface area (Å²) in [6.07, 6.45) is 8.88. The molecule has 0 aromatic heterocycles. The van der Waals surface area contributed by atoms with Gasteiger partial charge in [-0.15, -0.1) is 0 Å². The van der Waals surface area contributed by atoms with Crippen molar-refractivity contribution in [1.82, 2.24) is 0 Å². The van der Waals surface area contributed by atoms with Crippen LogP contribution in [0.4, 0.5) is 0 Å². The summed E-state index contributed by atoms with van der Waals surface area (Å²) in [7, 11) is 0.